The first-order valence-corrected chi connectivity index (χ1v) is 8.90. The molecule has 25 heavy (non-hydrogen) atoms. The van der Waals surface area contributed by atoms with E-state index >= 15 is 0 Å². The third-order valence-electron chi connectivity index (χ3n) is 5.04. The minimum Gasteiger partial charge on any atom is -0.340 e. The fourth-order valence-corrected chi connectivity index (χ4v) is 3.12. The van der Waals surface area contributed by atoms with Gasteiger partial charge in [0, 0.05) is 43.3 Å². The number of nitrogens with one attached hydrogen (secondary N) is 1. The van der Waals surface area contributed by atoms with Crippen molar-refractivity contribution in [2.45, 2.75) is 32.7 Å². The van der Waals surface area contributed by atoms with Gasteiger partial charge < -0.3 is 10.2 Å². The molecule has 1 aliphatic carbocycles. The van der Waals surface area contributed by atoms with Gasteiger partial charge in [-0.05, 0) is 51.0 Å². The molecule has 1 N–H and O–H groups in total. The van der Waals surface area contributed by atoms with Gasteiger partial charge in [0.2, 0.25) is 11.8 Å². The molecular formula is C19H25N3O3. The van der Waals surface area contributed by atoms with Crippen molar-refractivity contribution in [1.29, 1.82) is 0 Å². The number of piperazine rings is 1. The van der Waals surface area contributed by atoms with Crippen molar-refractivity contribution in [1.82, 2.24) is 9.80 Å². The van der Waals surface area contributed by atoms with Gasteiger partial charge in [-0.1, -0.05) is 0 Å². The highest BCUT2D eigenvalue weighted by molar-refractivity contribution is 5.97. The lowest BCUT2D eigenvalue weighted by atomic mass is 10.1. The van der Waals surface area contributed by atoms with Gasteiger partial charge in [0.15, 0.2) is 5.78 Å². The molecule has 134 valence electrons. The van der Waals surface area contributed by atoms with Crippen LogP contribution in [0, 0.1) is 5.92 Å². The topological polar surface area (TPSA) is 69.7 Å². The van der Waals surface area contributed by atoms with Crippen molar-refractivity contribution in [3.63, 3.8) is 0 Å². The Morgan fingerprint density at radius 3 is 2.16 bits per heavy atom. The molecule has 0 radical (unpaired) electrons. The van der Waals surface area contributed by atoms with E-state index < -0.39 is 0 Å². The molecule has 1 aliphatic heterocycles. The summed E-state index contributed by atoms with van der Waals surface area (Å²) in [5.74, 6) is 0.468. The molecule has 1 heterocycles. The van der Waals surface area contributed by atoms with Gasteiger partial charge in [0.1, 0.15) is 0 Å². The number of carbonyl (C=O) groups is 3. The molecule has 0 bridgehead atoms. The van der Waals surface area contributed by atoms with Gasteiger partial charge >= 0.3 is 0 Å². The van der Waals surface area contributed by atoms with Crippen molar-refractivity contribution >= 4 is 23.3 Å². The van der Waals surface area contributed by atoms with Gasteiger partial charge in [0.25, 0.3) is 0 Å². The third-order valence-corrected chi connectivity index (χ3v) is 5.04. The van der Waals surface area contributed by atoms with Crippen LogP contribution >= 0.6 is 0 Å². The maximum absolute atomic E-state index is 12.5. The van der Waals surface area contributed by atoms with E-state index in [2.05, 4.69) is 10.2 Å². The summed E-state index contributed by atoms with van der Waals surface area (Å²) in [7, 11) is 0. The molecular weight excluding hydrogens is 318 g/mol. The van der Waals surface area contributed by atoms with E-state index in [1.54, 1.807) is 24.3 Å². The molecule has 1 aromatic rings. The Labute approximate surface area is 148 Å². The SMILES string of the molecule is CC(=O)c1ccc(NC(=O)[C@@H](C)N2CCN(C(=O)C3CC3)CC2)cc1. The fraction of sp³-hybridized carbons (Fsp3) is 0.526. The zero-order valence-corrected chi connectivity index (χ0v) is 14.8. The smallest absolute Gasteiger partial charge is 0.241 e. The van der Waals surface area contributed by atoms with E-state index in [-0.39, 0.29) is 29.6 Å². The first-order chi connectivity index (χ1) is 12.0. The van der Waals surface area contributed by atoms with Gasteiger partial charge in [-0.3, -0.25) is 19.3 Å². The molecule has 0 spiro atoms. The second kappa shape index (κ2) is 7.35. The van der Waals surface area contributed by atoms with Crippen molar-refractivity contribution in [2.24, 2.45) is 5.92 Å². The zero-order valence-electron chi connectivity index (χ0n) is 14.8. The Morgan fingerprint density at radius 1 is 1.04 bits per heavy atom. The van der Waals surface area contributed by atoms with Crippen LogP contribution in [0.15, 0.2) is 24.3 Å². The average molecular weight is 343 g/mol. The Morgan fingerprint density at radius 2 is 1.64 bits per heavy atom. The molecule has 0 unspecified atom stereocenters. The summed E-state index contributed by atoms with van der Waals surface area (Å²) >= 11 is 0. The lowest BCUT2D eigenvalue weighted by molar-refractivity contribution is -0.135. The number of hydrogen-bond acceptors (Lipinski definition) is 4. The molecule has 2 fully saturated rings. The number of amides is 2. The summed E-state index contributed by atoms with van der Waals surface area (Å²) in [5.41, 5.74) is 1.31. The van der Waals surface area contributed by atoms with Crippen molar-refractivity contribution in [3.05, 3.63) is 29.8 Å². The quantitative estimate of drug-likeness (QED) is 0.827. The van der Waals surface area contributed by atoms with Crippen LogP contribution in [0.1, 0.15) is 37.0 Å². The standard InChI is InChI=1S/C19H25N3O3/c1-13(18(24)20-17-7-5-15(6-8-17)14(2)23)21-9-11-22(12-10-21)19(25)16-3-4-16/h5-8,13,16H,3-4,9-12H2,1-2H3,(H,20,24)/t13-/m1/s1. The monoisotopic (exact) mass is 343 g/mol. The molecule has 1 saturated carbocycles. The van der Waals surface area contributed by atoms with E-state index in [4.69, 9.17) is 0 Å². The van der Waals surface area contributed by atoms with Crippen molar-refractivity contribution in [3.8, 4) is 0 Å². The number of nitrogens with zero attached hydrogens (tertiary/aromatic N) is 2. The Kier molecular flexibility index (Phi) is 5.18. The minimum absolute atomic E-state index is 0.00450. The largest absolute Gasteiger partial charge is 0.340 e. The number of Topliss-reactive ketones (excluding diaryl/α,β-unsaturated/α-hetero) is 1. The average Bonchev–Trinajstić information content (AvgIpc) is 3.46. The van der Waals surface area contributed by atoms with Crippen molar-refractivity contribution in [2.75, 3.05) is 31.5 Å². The lowest BCUT2D eigenvalue weighted by Gasteiger charge is -2.37. The number of hydrogen-bond donors (Lipinski definition) is 1. The van der Waals surface area contributed by atoms with Gasteiger partial charge in [-0.2, -0.15) is 0 Å². The highest BCUT2D eigenvalue weighted by Gasteiger charge is 2.35. The highest BCUT2D eigenvalue weighted by Crippen LogP contribution is 2.31. The van der Waals surface area contributed by atoms with Gasteiger partial charge in [-0.15, -0.1) is 0 Å². The molecule has 2 aliphatic rings. The first-order valence-electron chi connectivity index (χ1n) is 8.90. The second-order valence-corrected chi connectivity index (χ2v) is 6.93. The maximum Gasteiger partial charge on any atom is 0.241 e. The van der Waals surface area contributed by atoms with Gasteiger partial charge in [0.05, 0.1) is 6.04 Å². The van der Waals surface area contributed by atoms with Crippen LogP contribution in [0.25, 0.3) is 0 Å². The van der Waals surface area contributed by atoms with Gasteiger partial charge in [-0.25, -0.2) is 0 Å². The van der Waals surface area contributed by atoms with E-state index in [0.717, 1.165) is 25.9 Å². The predicted octanol–water partition coefficient (Wildman–Crippen LogP) is 1.77. The zero-order chi connectivity index (χ0) is 18.0. The van der Waals surface area contributed by atoms with Crippen LogP contribution in [0.4, 0.5) is 5.69 Å². The van der Waals surface area contributed by atoms with E-state index in [1.165, 1.54) is 6.92 Å². The number of ketones is 1. The van der Waals surface area contributed by atoms with E-state index in [9.17, 15) is 14.4 Å². The molecule has 6 nitrogen and oxygen atoms in total. The molecule has 3 rings (SSSR count). The second-order valence-electron chi connectivity index (χ2n) is 6.93. The Balaban J connectivity index is 1.50. The predicted molar refractivity (Wildman–Crippen MR) is 95.4 cm³/mol. The van der Waals surface area contributed by atoms with Crippen LogP contribution < -0.4 is 5.32 Å². The van der Waals surface area contributed by atoms with Crippen LogP contribution in [-0.4, -0.2) is 59.6 Å². The molecule has 0 aromatic heterocycles. The maximum atomic E-state index is 12.5. The summed E-state index contributed by atoms with van der Waals surface area (Å²) < 4.78 is 0. The summed E-state index contributed by atoms with van der Waals surface area (Å²) in [5, 5.41) is 2.89. The number of rotatable bonds is 5. The summed E-state index contributed by atoms with van der Waals surface area (Å²) in [6.07, 6.45) is 2.06. The van der Waals surface area contributed by atoms with E-state index in [0.29, 0.717) is 24.3 Å². The Bertz CT molecular complexity index is 659. The van der Waals surface area contributed by atoms with Crippen LogP contribution in [0.3, 0.4) is 0 Å². The summed E-state index contributed by atoms with van der Waals surface area (Å²) in [4.78, 5) is 39.9. The van der Waals surface area contributed by atoms with E-state index in [1.807, 2.05) is 11.8 Å². The van der Waals surface area contributed by atoms with Crippen molar-refractivity contribution < 1.29 is 14.4 Å². The fourth-order valence-electron chi connectivity index (χ4n) is 3.12. The molecule has 1 saturated heterocycles. The number of carbonyl (C=O) groups excluding carboxylic acids is 3. The number of benzene rings is 1. The Hall–Kier alpha value is -2.21. The molecule has 2 amide bonds. The van der Waals surface area contributed by atoms with Crippen LogP contribution in [0.5, 0.6) is 0 Å². The minimum atomic E-state index is -0.259. The lowest BCUT2D eigenvalue weighted by Crippen LogP contribution is -2.54. The van der Waals surface area contributed by atoms with Crippen LogP contribution in [0.2, 0.25) is 0 Å². The molecule has 1 atom stereocenters. The molecule has 1 aromatic carbocycles. The summed E-state index contributed by atoms with van der Waals surface area (Å²) in [6, 6.07) is 6.65. The highest BCUT2D eigenvalue weighted by atomic mass is 16.2. The summed E-state index contributed by atoms with van der Waals surface area (Å²) in [6.45, 7) is 6.23. The number of anilines is 1. The normalized spacial score (nSPS) is 19.4. The molecule has 6 heteroatoms. The first kappa shape index (κ1) is 17.6. The third kappa shape index (κ3) is 4.25. The van der Waals surface area contributed by atoms with Crippen LogP contribution in [-0.2, 0) is 9.59 Å².